The van der Waals surface area contributed by atoms with Gasteiger partial charge in [0.1, 0.15) is 5.82 Å². The van der Waals surface area contributed by atoms with Crippen molar-refractivity contribution in [3.8, 4) is 0 Å². The Morgan fingerprint density at radius 3 is 2.87 bits per heavy atom. The van der Waals surface area contributed by atoms with Crippen molar-refractivity contribution in [1.29, 1.82) is 0 Å². The van der Waals surface area contributed by atoms with Crippen LogP contribution in [0.1, 0.15) is 36.9 Å². The number of halogens is 1. The molecule has 120 valence electrons. The third-order valence-corrected chi connectivity index (χ3v) is 4.39. The van der Waals surface area contributed by atoms with Crippen molar-refractivity contribution in [2.45, 2.75) is 32.2 Å². The van der Waals surface area contributed by atoms with Gasteiger partial charge in [-0.15, -0.1) is 0 Å². The molecule has 0 unspecified atom stereocenters. The average molecular weight is 312 g/mol. The highest BCUT2D eigenvalue weighted by Crippen LogP contribution is 2.32. The number of carbonyl (C=O) groups excluding carboxylic acids is 1. The number of rotatable bonds is 3. The first-order valence-electron chi connectivity index (χ1n) is 8.10. The molecule has 2 aromatic rings. The van der Waals surface area contributed by atoms with E-state index in [1.54, 1.807) is 11.0 Å². The number of hydrogen-bond donors (Lipinski definition) is 1. The fraction of sp³-hybridized carbons (Fsp3) is 0.316. The molecule has 2 amide bonds. The van der Waals surface area contributed by atoms with Crippen LogP contribution in [-0.2, 0) is 6.42 Å². The standard InChI is InChI=1S/C19H21FN2O/c1-2-14-7-3-4-10-17(14)21-19(23)22-12-6-11-18(22)15-8-5-9-16(20)13-15/h3-5,7-10,13,18H,2,6,11-12H2,1H3,(H,21,23)/t18-/m0/s1. The Kier molecular flexibility index (Phi) is 4.60. The fourth-order valence-electron chi connectivity index (χ4n) is 3.21. The molecule has 0 aromatic heterocycles. The molecule has 0 radical (unpaired) electrons. The predicted octanol–water partition coefficient (Wildman–Crippen LogP) is 4.76. The van der Waals surface area contributed by atoms with Crippen molar-refractivity contribution in [3.63, 3.8) is 0 Å². The predicted molar refractivity (Wildman–Crippen MR) is 89.9 cm³/mol. The average Bonchev–Trinajstić information content (AvgIpc) is 3.05. The lowest BCUT2D eigenvalue weighted by Crippen LogP contribution is -2.34. The van der Waals surface area contributed by atoms with Crippen LogP contribution in [0.5, 0.6) is 0 Å². The number of anilines is 1. The first kappa shape index (κ1) is 15.5. The first-order valence-corrected chi connectivity index (χ1v) is 8.10. The molecule has 1 heterocycles. The lowest BCUT2D eigenvalue weighted by molar-refractivity contribution is 0.207. The summed E-state index contributed by atoms with van der Waals surface area (Å²) in [6.45, 7) is 2.76. The van der Waals surface area contributed by atoms with Crippen LogP contribution in [0.25, 0.3) is 0 Å². The SMILES string of the molecule is CCc1ccccc1NC(=O)N1CCC[C@H]1c1cccc(F)c1. The largest absolute Gasteiger partial charge is 0.322 e. The number of carbonyl (C=O) groups is 1. The van der Waals surface area contributed by atoms with E-state index < -0.39 is 0 Å². The summed E-state index contributed by atoms with van der Waals surface area (Å²) in [6.07, 6.45) is 2.67. The molecule has 1 atom stereocenters. The van der Waals surface area contributed by atoms with Crippen molar-refractivity contribution in [2.75, 3.05) is 11.9 Å². The van der Waals surface area contributed by atoms with Gasteiger partial charge in [-0.2, -0.15) is 0 Å². The smallest absolute Gasteiger partial charge is 0.317 e. The Morgan fingerprint density at radius 2 is 2.09 bits per heavy atom. The molecule has 3 nitrogen and oxygen atoms in total. The number of hydrogen-bond acceptors (Lipinski definition) is 1. The molecule has 0 spiro atoms. The zero-order valence-electron chi connectivity index (χ0n) is 13.3. The second-order valence-corrected chi connectivity index (χ2v) is 5.85. The quantitative estimate of drug-likeness (QED) is 0.871. The van der Waals surface area contributed by atoms with Gasteiger partial charge in [-0.25, -0.2) is 9.18 Å². The zero-order chi connectivity index (χ0) is 16.2. The molecule has 0 aliphatic carbocycles. The van der Waals surface area contributed by atoms with Gasteiger partial charge in [-0.05, 0) is 48.6 Å². The third-order valence-electron chi connectivity index (χ3n) is 4.39. The Hall–Kier alpha value is -2.36. The van der Waals surface area contributed by atoms with Gasteiger partial charge in [0.25, 0.3) is 0 Å². The monoisotopic (exact) mass is 312 g/mol. The van der Waals surface area contributed by atoms with Crippen LogP contribution in [0.2, 0.25) is 0 Å². The van der Waals surface area contributed by atoms with Gasteiger partial charge < -0.3 is 10.2 Å². The van der Waals surface area contributed by atoms with Crippen LogP contribution in [0.15, 0.2) is 48.5 Å². The first-order chi connectivity index (χ1) is 11.2. The van der Waals surface area contributed by atoms with E-state index in [0.717, 1.165) is 36.1 Å². The van der Waals surface area contributed by atoms with E-state index in [1.807, 2.05) is 30.3 Å². The van der Waals surface area contributed by atoms with Crippen molar-refractivity contribution in [1.82, 2.24) is 4.90 Å². The van der Waals surface area contributed by atoms with Gasteiger partial charge in [0.05, 0.1) is 6.04 Å². The Bertz CT molecular complexity index is 701. The van der Waals surface area contributed by atoms with E-state index in [-0.39, 0.29) is 17.9 Å². The molecule has 1 aliphatic heterocycles. The summed E-state index contributed by atoms with van der Waals surface area (Å²) in [4.78, 5) is 14.5. The minimum Gasteiger partial charge on any atom is -0.317 e. The minimum absolute atomic E-state index is 0.0560. The molecule has 1 fully saturated rings. The van der Waals surface area contributed by atoms with Crippen molar-refractivity contribution < 1.29 is 9.18 Å². The number of nitrogens with one attached hydrogen (secondary N) is 1. The number of urea groups is 1. The Morgan fingerprint density at radius 1 is 1.26 bits per heavy atom. The maximum absolute atomic E-state index is 13.5. The van der Waals surface area contributed by atoms with Gasteiger partial charge in [0, 0.05) is 12.2 Å². The lowest BCUT2D eigenvalue weighted by atomic mass is 10.0. The van der Waals surface area contributed by atoms with Crippen LogP contribution in [-0.4, -0.2) is 17.5 Å². The van der Waals surface area contributed by atoms with Crippen molar-refractivity contribution in [3.05, 3.63) is 65.5 Å². The summed E-state index contributed by atoms with van der Waals surface area (Å²) in [5.41, 5.74) is 2.83. The van der Waals surface area contributed by atoms with Gasteiger partial charge in [0.15, 0.2) is 0 Å². The number of amides is 2. The maximum Gasteiger partial charge on any atom is 0.322 e. The van der Waals surface area contributed by atoms with Crippen LogP contribution in [0.3, 0.4) is 0 Å². The second kappa shape index (κ2) is 6.82. The topological polar surface area (TPSA) is 32.3 Å². The Balaban J connectivity index is 1.78. The molecule has 4 heteroatoms. The van der Waals surface area contributed by atoms with Gasteiger partial charge >= 0.3 is 6.03 Å². The summed E-state index contributed by atoms with van der Waals surface area (Å²) >= 11 is 0. The molecule has 0 saturated carbocycles. The van der Waals surface area contributed by atoms with Crippen LogP contribution in [0, 0.1) is 5.82 Å². The molecular formula is C19H21FN2O. The number of likely N-dealkylation sites (tertiary alicyclic amines) is 1. The number of benzene rings is 2. The van der Waals surface area contributed by atoms with E-state index in [4.69, 9.17) is 0 Å². The summed E-state index contributed by atoms with van der Waals surface area (Å²) in [5, 5.41) is 3.01. The molecular weight excluding hydrogens is 291 g/mol. The molecule has 0 bridgehead atoms. The normalized spacial score (nSPS) is 17.3. The highest BCUT2D eigenvalue weighted by Gasteiger charge is 2.30. The lowest BCUT2D eigenvalue weighted by Gasteiger charge is -2.26. The summed E-state index contributed by atoms with van der Waals surface area (Å²) in [6, 6.07) is 14.2. The molecule has 3 rings (SSSR count). The van der Waals surface area contributed by atoms with Crippen LogP contribution < -0.4 is 5.32 Å². The Labute approximate surface area is 136 Å². The van der Waals surface area contributed by atoms with Gasteiger partial charge in [-0.3, -0.25) is 0 Å². The molecule has 23 heavy (non-hydrogen) atoms. The van der Waals surface area contributed by atoms with Crippen molar-refractivity contribution >= 4 is 11.7 Å². The van der Waals surface area contributed by atoms with Crippen molar-refractivity contribution in [2.24, 2.45) is 0 Å². The van der Waals surface area contributed by atoms with Crippen LogP contribution >= 0.6 is 0 Å². The van der Waals surface area contributed by atoms with Crippen LogP contribution in [0.4, 0.5) is 14.9 Å². The third kappa shape index (κ3) is 3.36. The summed E-state index contributed by atoms with van der Waals surface area (Å²) in [5.74, 6) is -0.258. The van der Waals surface area contributed by atoms with E-state index in [2.05, 4.69) is 12.2 Å². The molecule has 1 aliphatic rings. The van der Waals surface area contributed by atoms with E-state index >= 15 is 0 Å². The molecule has 1 saturated heterocycles. The number of aryl methyl sites for hydroxylation is 1. The molecule has 1 N–H and O–H groups in total. The maximum atomic E-state index is 13.5. The van der Waals surface area contributed by atoms with Gasteiger partial charge in [0.2, 0.25) is 0 Å². The van der Waals surface area contributed by atoms with E-state index in [9.17, 15) is 9.18 Å². The number of para-hydroxylation sites is 1. The summed E-state index contributed by atoms with van der Waals surface area (Å²) in [7, 11) is 0. The van der Waals surface area contributed by atoms with E-state index in [0.29, 0.717) is 6.54 Å². The highest BCUT2D eigenvalue weighted by molar-refractivity contribution is 5.90. The number of nitrogens with zero attached hydrogens (tertiary/aromatic N) is 1. The summed E-state index contributed by atoms with van der Waals surface area (Å²) < 4.78 is 13.5. The van der Waals surface area contributed by atoms with E-state index in [1.165, 1.54) is 12.1 Å². The van der Waals surface area contributed by atoms with Gasteiger partial charge in [-0.1, -0.05) is 37.3 Å². The molecule has 2 aromatic carbocycles. The highest BCUT2D eigenvalue weighted by atomic mass is 19.1. The minimum atomic E-state index is -0.258. The zero-order valence-corrected chi connectivity index (χ0v) is 13.3. The fourth-order valence-corrected chi connectivity index (χ4v) is 3.21. The second-order valence-electron chi connectivity index (χ2n) is 5.85.